The van der Waals surface area contributed by atoms with Gasteiger partial charge in [-0.1, -0.05) is 23.3 Å². The van der Waals surface area contributed by atoms with Crippen molar-refractivity contribution in [3.8, 4) is 5.75 Å². The molecule has 0 aromatic heterocycles. The van der Waals surface area contributed by atoms with E-state index in [4.69, 9.17) is 16.3 Å². The predicted molar refractivity (Wildman–Crippen MR) is 104 cm³/mol. The zero-order valence-electron chi connectivity index (χ0n) is 16.0. The third-order valence-corrected chi connectivity index (χ3v) is 5.57. The Morgan fingerprint density at radius 3 is 2.41 bits per heavy atom. The van der Waals surface area contributed by atoms with Crippen LogP contribution in [-0.2, 0) is 9.53 Å². The highest BCUT2D eigenvalue weighted by Crippen LogP contribution is 2.45. The van der Waals surface area contributed by atoms with E-state index >= 15 is 0 Å². The number of ether oxygens (including phenoxy) is 1. The van der Waals surface area contributed by atoms with Crippen LogP contribution in [-0.4, -0.2) is 35.2 Å². The van der Waals surface area contributed by atoms with Crippen LogP contribution in [0.25, 0.3) is 0 Å². The highest BCUT2D eigenvalue weighted by molar-refractivity contribution is 6.31. The number of hydrogen-bond acceptors (Lipinski definition) is 4. The fraction of sp³-hybridized carbons (Fsp3) is 0.333. The lowest BCUT2D eigenvalue weighted by atomic mass is 9.67. The van der Waals surface area contributed by atoms with E-state index in [1.807, 2.05) is 13.8 Å². The van der Waals surface area contributed by atoms with Crippen LogP contribution in [0, 0.1) is 5.41 Å². The quantitative estimate of drug-likeness (QED) is 0.568. The zero-order valence-corrected chi connectivity index (χ0v) is 16.7. The monoisotopic (exact) mass is 390 g/mol. The molecule has 5 nitrogen and oxygen atoms in total. The second-order valence-corrected chi connectivity index (χ2v) is 7.31. The molecule has 2 unspecified atom stereocenters. The van der Waals surface area contributed by atoms with E-state index in [0.29, 0.717) is 16.2 Å². The molecule has 27 heavy (non-hydrogen) atoms. The van der Waals surface area contributed by atoms with Crippen molar-refractivity contribution in [2.45, 2.75) is 33.8 Å². The number of aromatic hydroxyl groups is 1. The largest absolute Gasteiger partial charge is 0.507 e. The normalized spacial score (nSPS) is 23.3. The lowest BCUT2D eigenvalue weighted by Crippen LogP contribution is -2.39. The topological polar surface area (TPSA) is 83.8 Å². The highest BCUT2D eigenvalue weighted by Gasteiger charge is 2.42. The molecular weight excluding hydrogens is 368 g/mol. The van der Waals surface area contributed by atoms with Crippen LogP contribution in [0.1, 0.15) is 38.1 Å². The number of phenols is 1. The van der Waals surface area contributed by atoms with E-state index in [1.165, 1.54) is 31.4 Å². The summed E-state index contributed by atoms with van der Waals surface area (Å²) in [5, 5.41) is 19.8. The summed E-state index contributed by atoms with van der Waals surface area (Å²) in [4.78, 5) is 24.2. The summed E-state index contributed by atoms with van der Waals surface area (Å²) in [6, 6.07) is 4.30. The maximum absolute atomic E-state index is 12.5. The molecule has 0 heterocycles. The molecule has 2 N–H and O–H groups in total. The van der Waals surface area contributed by atoms with E-state index in [0.717, 1.165) is 5.57 Å². The van der Waals surface area contributed by atoms with Crippen molar-refractivity contribution in [3.63, 3.8) is 0 Å². The van der Waals surface area contributed by atoms with Crippen molar-refractivity contribution in [2.24, 2.45) is 5.41 Å². The minimum Gasteiger partial charge on any atom is -0.507 e. The molecule has 2 rings (SSSR count). The van der Waals surface area contributed by atoms with Gasteiger partial charge < -0.3 is 14.9 Å². The van der Waals surface area contributed by atoms with E-state index in [2.05, 4.69) is 0 Å². The van der Waals surface area contributed by atoms with E-state index in [9.17, 15) is 19.8 Å². The molecule has 6 heteroatoms. The summed E-state index contributed by atoms with van der Waals surface area (Å²) in [5.41, 5.74) is 1.73. The van der Waals surface area contributed by atoms with E-state index in [-0.39, 0.29) is 22.7 Å². The molecule has 1 aliphatic carbocycles. The molecule has 144 valence electrons. The third-order valence-electron chi connectivity index (χ3n) is 5.33. The first-order valence-electron chi connectivity index (χ1n) is 8.41. The number of ketones is 1. The number of allylic oxidation sites excluding steroid dienone is 1. The van der Waals surface area contributed by atoms with Gasteiger partial charge in [-0.2, -0.15) is 0 Å². The van der Waals surface area contributed by atoms with Gasteiger partial charge in [-0.25, -0.2) is 4.79 Å². The number of halogens is 1. The second kappa shape index (κ2) is 7.71. The molecule has 1 aliphatic rings. The Bertz CT molecular complexity index is 894. The van der Waals surface area contributed by atoms with Gasteiger partial charge >= 0.3 is 5.97 Å². The van der Waals surface area contributed by atoms with Gasteiger partial charge in [0.25, 0.3) is 0 Å². The summed E-state index contributed by atoms with van der Waals surface area (Å²) >= 11 is 5.81. The minimum atomic E-state index is -1.00. The van der Waals surface area contributed by atoms with Crippen molar-refractivity contribution < 1.29 is 24.5 Å². The number of rotatable bonds is 5. The molecular formula is C21H23ClO5. The van der Waals surface area contributed by atoms with Crippen molar-refractivity contribution in [1.82, 2.24) is 0 Å². The molecule has 2 atom stereocenters. The number of carboxylic acid groups (broad SMARTS) is 1. The van der Waals surface area contributed by atoms with Crippen molar-refractivity contribution in [3.05, 3.63) is 63.2 Å². The van der Waals surface area contributed by atoms with Gasteiger partial charge in [0, 0.05) is 17.5 Å². The molecule has 0 bridgehead atoms. The third kappa shape index (κ3) is 3.70. The maximum Gasteiger partial charge on any atom is 0.335 e. The molecule has 0 radical (unpaired) electrons. The van der Waals surface area contributed by atoms with Crippen LogP contribution < -0.4 is 0 Å². The van der Waals surface area contributed by atoms with Gasteiger partial charge in [-0.3, -0.25) is 4.79 Å². The highest BCUT2D eigenvalue weighted by atomic mass is 35.5. The average molecular weight is 391 g/mol. The lowest BCUT2D eigenvalue weighted by Gasteiger charge is -2.41. The lowest BCUT2D eigenvalue weighted by molar-refractivity contribution is -0.132. The van der Waals surface area contributed by atoms with Crippen LogP contribution in [0.3, 0.4) is 0 Å². The average Bonchev–Trinajstić information content (AvgIpc) is 2.58. The van der Waals surface area contributed by atoms with Gasteiger partial charge in [0.2, 0.25) is 0 Å². The van der Waals surface area contributed by atoms with Crippen molar-refractivity contribution in [2.75, 3.05) is 7.11 Å². The Morgan fingerprint density at radius 1 is 1.26 bits per heavy atom. The number of methoxy groups -OCH3 is 1. The number of hydrogen-bond donors (Lipinski definition) is 2. The van der Waals surface area contributed by atoms with Crippen LogP contribution >= 0.6 is 11.6 Å². The minimum absolute atomic E-state index is 0.140. The molecule has 0 saturated heterocycles. The van der Waals surface area contributed by atoms with Crippen LogP contribution in [0.4, 0.5) is 0 Å². The van der Waals surface area contributed by atoms with Crippen molar-refractivity contribution >= 4 is 23.4 Å². The second-order valence-electron chi connectivity index (χ2n) is 6.87. The SMILES string of the molecule is COC1C(C)=C(C(=O)O)C(C)=C(C)C1(C)C=CC(=O)c1ccc(Cl)cc1O. The first-order valence-corrected chi connectivity index (χ1v) is 8.79. The number of carbonyl (C=O) groups is 2. The standard InChI is InChI=1S/C21H23ClO5/c1-11-13(3)21(4,19(27-5)12(2)18(11)20(25)26)9-8-16(23)15-7-6-14(22)10-17(15)24/h6-10,19,24H,1-5H3,(H,25,26). The Kier molecular flexibility index (Phi) is 5.97. The zero-order chi connectivity index (χ0) is 20.5. The molecule has 0 aliphatic heterocycles. The Balaban J connectivity index is 2.48. The van der Waals surface area contributed by atoms with Crippen molar-refractivity contribution in [1.29, 1.82) is 0 Å². The smallest absolute Gasteiger partial charge is 0.335 e. The number of benzene rings is 1. The molecule has 0 saturated carbocycles. The molecule has 0 spiro atoms. The summed E-state index contributed by atoms with van der Waals surface area (Å²) in [6.07, 6.45) is 2.55. The Morgan fingerprint density at radius 2 is 1.89 bits per heavy atom. The number of phenolic OH excluding ortho intramolecular Hbond substituents is 1. The summed E-state index contributed by atoms with van der Waals surface area (Å²) in [7, 11) is 1.51. The number of carbonyl (C=O) groups excluding carboxylic acids is 1. The maximum atomic E-state index is 12.5. The van der Waals surface area contributed by atoms with Crippen LogP contribution in [0.15, 0.2) is 52.6 Å². The summed E-state index contributed by atoms with van der Waals surface area (Å²) in [5.74, 6) is -1.57. The molecule has 0 fully saturated rings. The van der Waals surface area contributed by atoms with E-state index < -0.39 is 17.5 Å². The Hall–Kier alpha value is -2.37. The fourth-order valence-electron chi connectivity index (χ4n) is 3.68. The molecule has 1 aromatic carbocycles. The van der Waals surface area contributed by atoms with Gasteiger partial charge in [-0.15, -0.1) is 0 Å². The van der Waals surface area contributed by atoms with Gasteiger partial charge in [-0.05, 0) is 63.1 Å². The predicted octanol–water partition coefficient (Wildman–Crippen LogP) is 4.56. The van der Waals surface area contributed by atoms with Gasteiger partial charge in [0.15, 0.2) is 5.78 Å². The fourth-order valence-corrected chi connectivity index (χ4v) is 3.85. The van der Waals surface area contributed by atoms with E-state index in [1.54, 1.807) is 19.9 Å². The van der Waals surface area contributed by atoms with Crippen LogP contribution in [0.5, 0.6) is 5.75 Å². The summed E-state index contributed by atoms with van der Waals surface area (Å²) in [6.45, 7) is 7.22. The number of aliphatic carboxylic acids is 1. The van der Waals surface area contributed by atoms with Gasteiger partial charge in [0.1, 0.15) is 5.75 Å². The summed E-state index contributed by atoms with van der Waals surface area (Å²) < 4.78 is 5.61. The van der Waals surface area contributed by atoms with Crippen LogP contribution in [0.2, 0.25) is 5.02 Å². The van der Waals surface area contributed by atoms with Gasteiger partial charge in [0.05, 0.1) is 17.2 Å². The molecule has 1 aromatic rings. The molecule has 0 amide bonds. The Labute approximate surface area is 163 Å². The first-order chi connectivity index (χ1) is 12.5. The number of carboxylic acids is 1. The first kappa shape index (κ1) is 20.9.